The number of nitrogens with zero attached hydrogens (tertiary/aromatic N) is 5. The van der Waals surface area contributed by atoms with Crippen LogP contribution in [0.25, 0.3) is 0 Å². The highest BCUT2D eigenvalue weighted by Crippen LogP contribution is 2.16. The maximum absolute atomic E-state index is 12.4. The number of carbonyl (C=O) groups is 2. The van der Waals surface area contributed by atoms with Gasteiger partial charge in [0, 0.05) is 12.7 Å². The second-order valence-electron chi connectivity index (χ2n) is 4.82. The molecule has 0 radical (unpaired) electrons. The first-order chi connectivity index (χ1) is 10.6. The molecule has 0 spiro atoms. The van der Waals surface area contributed by atoms with Crippen LogP contribution >= 0.6 is 0 Å². The van der Waals surface area contributed by atoms with Crippen LogP contribution in [0.1, 0.15) is 32.2 Å². The number of carboxylic acids is 1. The molecular weight excluding hydrogens is 286 g/mol. The van der Waals surface area contributed by atoms with E-state index in [2.05, 4.69) is 10.1 Å². The topological polar surface area (TPSA) is 112 Å². The SMILES string of the molecule is N#Cc1ccc(C(=O)N2CCn3nc(C(=O)O)cc3C2)cn1. The van der Waals surface area contributed by atoms with Crippen molar-refractivity contribution in [1.29, 1.82) is 5.26 Å². The number of fused-ring (bicyclic) bond motifs is 1. The molecule has 1 N–H and O–H groups in total. The number of pyridine rings is 1. The zero-order chi connectivity index (χ0) is 15.7. The molecule has 0 atom stereocenters. The summed E-state index contributed by atoms with van der Waals surface area (Å²) >= 11 is 0. The first kappa shape index (κ1) is 13.8. The van der Waals surface area contributed by atoms with Crippen molar-refractivity contribution in [3.05, 3.63) is 47.0 Å². The minimum Gasteiger partial charge on any atom is -0.476 e. The molecule has 1 aliphatic rings. The van der Waals surface area contributed by atoms with E-state index in [0.717, 1.165) is 0 Å². The molecule has 0 unspecified atom stereocenters. The van der Waals surface area contributed by atoms with Crippen LogP contribution in [0.5, 0.6) is 0 Å². The Morgan fingerprint density at radius 1 is 1.32 bits per heavy atom. The predicted octanol–water partition coefficient (Wildman–Crippen LogP) is 0.504. The Labute approximate surface area is 125 Å². The van der Waals surface area contributed by atoms with Crippen molar-refractivity contribution in [2.45, 2.75) is 13.1 Å². The number of nitriles is 1. The van der Waals surface area contributed by atoms with Gasteiger partial charge in [0.05, 0.1) is 24.3 Å². The van der Waals surface area contributed by atoms with Gasteiger partial charge in [-0.1, -0.05) is 0 Å². The normalized spacial score (nSPS) is 13.3. The molecule has 0 saturated heterocycles. The Morgan fingerprint density at radius 3 is 2.77 bits per heavy atom. The third-order valence-corrected chi connectivity index (χ3v) is 3.43. The molecule has 22 heavy (non-hydrogen) atoms. The van der Waals surface area contributed by atoms with E-state index in [1.165, 1.54) is 18.3 Å². The minimum atomic E-state index is -1.09. The lowest BCUT2D eigenvalue weighted by atomic mass is 10.2. The molecule has 0 fully saturated rings. The molecule has 0 bridgehead atoms. The van der Waals surface area contributed by atoms with Crippen LogP contribution in [0.3, 0.4) is 0 Å². The molecule has 2 aromatic heterocycles. The lowest BCUT2D eigenvalue weighted by Gasteiger charge is -2.27. The fraction of sp³-hybridized carbons (Fsp3) is 0.214. The maximum atomic E-state index is 12.4. The van der Waals surface area contributed by atoms with Crippen molar-refractivity contribution in [3.8, 4) is 6.07 Å². The Kier molecular flexibility index (Phi) is 3.31. The van der Waals surface area contributed by atoms with Crippen LogP contribution in [0, 0.1) is 11.3 Å². The van der Waals surface area contributed by atoms with Gasteiger partial charge in [0.15, 0.2) is 5.69 Å². The van der Waals surface area contributed by atoms with Gasteiger partial charge in [-0.05, 0) is 18.2 Å². The van der Waals surface area contributed by atoms with Crippen LogP contribution in [-0.4, -0.2) is 43.2 Å². The average molecular weight is 297 g/mol. The quantitative estimate of drug-likeness (QED) is 0.864. The van der Waals surface area contributed by atoms with Crippen LogP contribution < -0.4 is 0 Å². The second kappa shape index (κ2) is 5.29. The van der Waals surface area contributed by atoms with Crippen molar-refractivity contribution in [2.24, 2.45) is 0 Å². The molecule has 0 aromatic carbocycles. The molecule has 0 aliphatic carbocycles. The number of rotatable bonds is 2. The summed E-state index contributed by atoms with van der Waals surface area (Å²) in [5, 5.41) is 21.6. The Hall–Kier alpha value is -3.21. The summed E-state index contributed by atoms with van der Waals surface area (Å²) in [6.45, 7) is 1.17. The standard InChI is InChI=1S/C14H11N5O3/c15-6-10-2-1-9(7-16-10)13(20)18-3-4-19-11(8-18)5-12(17-19)14(21)22/h1-2,5,7H,3-4,8H2,(H,21,22). The number of aromatic carboxylic acids is 1. The first-order valence-electron chi connectivity index (χ1n) is 6.54. The maximum Gasteiger partial charge on any atom is 0.356 e. The van der Waals surface area contributed by atoms with Gasteiger partial charge in [0.2, 0.25) is 0 Å². The van der Waals surface area contributed by atoms with Crippen molar-refractivity contribution >= 4 is 11.9 Å². The Bertz CT molecular complexity index is 788. The van der Waals surface area contributed by atoms with E-state index in [9.17, 15) is 9.59 Å². The van der Waals surface area contributed by atoms with Gasteiger partial charge < -0.3 is 10.0 Å². The molecule has 3 heterocycles. The summed E-state index contributed by atoms with van der Waals surface area (Å²) in [6.07, 6.45) is 1.37. The highest BCUT2D eigenvalue weighted by atomic mass is 16.4. The third kappa shape index (κ3) is 2.40. The van der Waals surface area contributed by atoms with Crippen molar-refractivity contribution in [1.82, 2.24) is 19.7 Å². The van der Waals surface area contributed by atoms with Gasteiger partial charge in [0.25, 0.3) is 5.91 Å². The van der Waals surface area contributed by atoms with E-state index in [-0.39, 0.29) is 17.3 Å². The zero-order valence-electron chi connectivity index (χ0n) is 11.4. The van der Waals surface area contributed by atoms with Gasteiger partial charge in [-0.2, -0.15) is 10.4 Å². The second-order valence-corrected chi connectivity index (χ2v) is 4.82. The minimum absolute atomic E-state index is 0.0238. The van der Waals surface area contributed by atoms with Crippen LogP contribution in [0.4, 0.5) is 0 Å². The Morgan fingerprint density at radius 2 is 2.14 bits per heavy atom. The van der Waals surface area contributed by atoms with E-state index in [0.29, 0.717) is 30.9 Å². The van der Waals surface area contributed by atoms with Crippen LogP contribution in [0.2, 0.25) is 0 Å². The molecular formula is C14H11N5O3. The number of carbonyl (C=O) groups excluding carboxylic acids is 1. The lowest BCUT2D eigenvalue weighted by Crippen LogP contribution is -2.38. The largest absolute Gasteiger partial charge is 0.476 e. The van der Waals surface area contributed by atoms with E-state index in [4.69, 9.17) is 10.4 Å². The van der Waals surface area contributed by atoms with Gasteiger partial charge in [-0.3, -0.25) is 9.48 Å². The van der Waals surface area contributed by atoms with Crippen LogP contribution in [0.15, 0.2) is 24.4 Å². The molecule has 1 amide bonds. The number of carboxylic acid groups (broad SMARTS) is 1. The number of aromatic nitrogens is 3. The highest BCUT2D eigenvalue weighted by molar-refractivity contribution is 5.94. The Balaban J connectivity index is 1.79. The van der Waals surface area contributed by atoms with Crippen molar-refractivity contribution < 1.29 is 14.7 Å². The van der Waals surface area contributed by atoms with Gasteiger partial charge in [-0.25, -0.2) is 9.78 Å². The molecule has 3 rings (SSSR count). The smallest absolute Gasteiger partial charge is 0.356 e. The van der Waals surface area contributed by atoms with Gasteiger partial charge in [-0.15, -0.1) is 0 Å². The molecule has 110 valence electrons. The third-order valence-electron chi connectivity index (χ3n) is 3.43. The van der Waals surface area contributed by atoms with Crippen molar-refractivity contribution in [2.75, 3.05) is 6.54 Å². The summed E-state index contributed by atoms with van der Waals surface area (Å²) < 4.78 is 1.60. The molecule has 2 aromatic rings. The summed E-state index contributed by atoms with van der Waals surface area (Å²) in [6, 6.07) is 6.41. The van der Waals surface area contributed by atoms with Crippen LogP contribution in [-0.2, 0) is 13.1 Å². The number of hydrogen-bond donors (Lipinski definition) is 1. The molecule has 8 nitrogen and oxygen atoms in total. The number of hydrogen-bond acceptors (Lipinski definition) is 5. The fourth-order valence-electron chi connectivity index (χ4n) is 2.31. The van der Waals surface area contributed by atoms with E-state index >= 15 is 0 Å². The summed E-state index contributed by atoms with van der Waals surface area (Å²) in [4.78, 5) is 28.8. The number of amides is 1. The summed E-state index contributed by atoms with van der Waals surface area (Å²) in [5.74, 6) is -1.29. The van der Waals surface area contributed by atoms with E-state index in [1.807, 2.05) is 6.07 Å². The van der Waals surface area contributed by atoms with Crippen molar-refractivity contribution in [3.63, 3.8) is 0 Å². The van der Waals surface area contributed by atoms with Gasteiger partial charge in [0.1, 0.15) is 11.8 Å². The monoisotopic (exact) mass is 297 g/mol. The zero-order valence-corrected chi connectivity index (χ0v) is 11.4. The lowest BCUT2D eigenvalue weighted by molar-refractivity contribution is 0.0679. The van der Waals surface area contributed by atoms with E-state index in [1.54, 1.807) is 15.6 Å². The molecule has 0 saturated carbocycles. The molecule has 1 aliphatic heterocycles. The predicted molar refractivity (Wildman–Crippen MR) is 72.9 cm³/mol. The van der Waals surface area contributed by atoms with Gasteiger partial charge >= 0.3 is 5.97 Å². The average Bonchev–Trinajstić information content (AvgIpc) is 2.97. The summed E-state index contributed by atoms with van der Waals surface area (Å²) in [5.41, 5.74) is 1.30. The highest BCUT2D eigenvalue weighted by Gasteiger charge is 2.24. The first-order valence-corrected chi connectivity index (χ1v) is 6.54. The molecule has 8 heteroatoms. The fourth-order valence-corrected chi connectivity index (χ4v) is 2.31. The summed E-state index contributed by atoms with van der Waals surface area (Å²) in [7, 11) is 0. The van der Waals surface area contributed by atoms with E-state index < -0.39 is 5.97 Å².